The van der Waals surface area contributed by atoms with Crippen molar-refractivity contribution in [2.75, 3.05) is 0 Å². The fraction of sp³-hybridized carbons (Fsp3) is 0.462. The zero-order valence-corrected chi connectivity index (χ0v) is 8.79. The second kappa shape index (κ2) is 4.41. The van der Waals surface area contributed by atoms with Crippen LogP contribution in [0.3, 0.4) is 0 Å². The van der Waals surface area contributed by atoms with Crippen molar-refractivity contribution in [3.63, 3.8) is 0 Å². The van der Waals surface area contributed by atoms with E-state index in [2.05, 4.69) is 36.2 Å². The number of para-hydroxylation sites is 1. The van der Waals surface area contributed by atoms with Crippen molar-refractivity contribution in [2.24, 2.45) is 4.99 Å². The van der Waals surface area contributed by atoms with Gasteiger partial charge in [0.25, 0.3) is 0 Å². The lowest BCUT2D eigenvalue weighted by molar-refractivity contribution is 0.740. The van der Waals surface area contributed by atoms with Gasteiger partial charge in [-0.15, -0.1) is 0 Å². The number of hydrogen-bond acceptors (Lipinski definition) is 1. The van der Waals surface area contributed by atoms with Crippen LogP contribution in [-0.4, -0.2) is 5.71 Å². The second-order valence-corrected chi connectivity index (χ2v) is 3.94. The number of unbranched alkanes of at least 4 members (excludes halogenated alkanes) is 2. The fourth-order valence-electron chi connectivity index (χ4n) is 1.92. The Kier molecular flexibility index (Phi) is 2.97. The summed E-state index contributed by atoms with van der Waals surface area (Å²) in [5.74, 6) is 0. The standard InChI is InChI=1S/C13H17N/c1-2-3-4-8-12-10-11-7-5-6-9-13(11)14-12/h5-7,9H,2-4,8,10H2,1H3. The van der Waals surface area contributed by atoms with Crippen LogP contribution in [0.15, 0.2) is 29.3 Å². The molecule has 0 spiro atoms. The van der Waals surface area contributed by atoms with Crippen LogP contribution in [-0.2, 0) is 6.42 Å². The average Bonchev–Trinajstić information content (AvgIpc) is 2.60. The van der Waals surface area contributed by atoms with Crippen molar-refractivity contribution in [1.29, 1.82) is 0 Å². The zero-order chi connectivity index (χ0) is 9.80. The minimum absolute atomic E-state index is 1.08. The van der Waals surface area contributed by atoms with Gasteiger partial charge in [-0.25, -0.2) is 0 Å². The molecule has 0 amide bonds. The van der Waals surface area contributed by atoms with Crippen LogP contribution < -0.4 is 0 Å². The van der Waals surface area contributed by atoms with Crippen molar-refractivity contribution in [2.45, 2.75) is 39.0 Å². The van der Waals surface area contributed by atoms with E-state index in [1.54, 1.807) is 0 Å². The third kappa shape index (κ3) is 2.03. The van der Waals surface area contributed by atoms with Gasteiger partial charge >= 0.3 is 0 Å². The van der Waals surface area contributed by atoms with E-state index in [1.807, 2.05) is 0 Å². The van der Waals surface area contributed by atoms with Crippen molar-refractivity contribution < 1.29 is 0 Å². The molecule has 14 heavy (non-hydrogen) atoms. The molecule has 1 nitrogen and oxygen atoms in total. The van der Waals surface area contributed by atoms with Gasteiger partial charge in [0.1, 0.15) is 0 Å². The lowest BCUT2D eigenvalue weighted by Gasteiger charge is -1.97. The van der Waals surface area contributed by atoms with E-state index in [-0.39, 0.29) is 0 Å². The molecular formula is C13H17N. The normalized spacial score (nSPS) is 13.9. The van der Waals surface area contributed by atoms with E-state index in [0.717, 1.165) is 6.42 Å². The van der Waals surface area contributed by atoms with Crippen LogP contribution in [0.4, 0.5) is 5.69 Å². The van der Waals surface area contributed by atoms with Gasteiger partial charge in [0, 0.05) is 12.1 Å². The highest BCUT2D eigenvalue weighted by Gasteiger charge is 2.12. The first-order valence-corrected chi connectivity index (χ1v) is 5.54. The summed E-state index contributed by atoms with van der Waals surface area (Å²) in [5, 5.41) is 0. The molecule has 0 bridgehead atoms. The Morgan fingerprint density at radius 2 is 2.07 bits per heavy atom. The van der Waals surface area contributed by atoms with Gasteiger partial charge < -0.3 is 0 Å². The quantitative estimate of drug-likeness (QED) is 0.634. The molecule has 0 radical (unpaired) electrons. The summed E-state index contributed by atoms with van der Waals surface area (Å²) in [6.07, 6.45) is 6.18. The fourth-order valence-corrected chi connectivity index (χ4v) is 1.92. The molecule has 0 N–H and O–H groups in total. The molecule has 0 aliphatic carbocycles. The Morgan fingerprint density at radius 3 is 2.86 bits per heavy atom. The lowest BCUT2D eigenvalue weighted by atomic mass is 10.1. The predicted octanol–water partition coefficient (Wildman–Crippen LogP) is 3.90. The Morgan fingerprint density at radius 1 is 1.21 bits per heavy atom. The molecule has 1 aliphatic heterocycles. The molecule has 74 valence electrons. The Bertz CT molecular complexity index is 339. The van der Waals surface area contributed by atoms with Crippen molar-refractivity contribution in [3.05, 3.63) is 29.8 Å². The minimum Gasteiger partial charge on any atom is -0.257 e. The number of benzene rings is 1. The summed E-state index contributed by atoms with van der Waals surface area (Å²) in [7, 11) is 0. The van der Waals surface area contributed by atoms with Gasteiger partial charge in [0.2, 0.25) is 0 Å². The van der Waals surface area contributed by atoms with E-state index < -0.39 is 0 Å². The minimum atomic E-state index is 1.08. The number of rotatable bonds is 4. The predicted molar refractivity (Wildman–Crippen MR) is 61.4 cm³/mol. The van der Waals surface area contributed by atoms with E-state index >= 15 is 0 Å². The van der Waals surface area contributed by atoms with Gasteiger partial charge in [-0.3, -0.25) is 4.99 Å². The molecule has 2 rings (SSSR count). The van der Waals surface area contributed by atoms with Gasteiger partial charge in [-0.05, 0) is 24.5 Å². The van der Waals surface area contributed by atoms with Gasteiger partial charge in [-0.1, -0.05) is 38.0 Å². The number of nitrogens with zero attached hydrogens (tertiary/aromatic N) is 1. The van der Waals surface area contributed by atoms with E-state index in [1.165, 1.54) is 42.6 Å². The van der Waals surface area contributed by atoms with Crippen molar-refractivity contribution >= 4 is 11.4 Å². The largest absolute Gasteiger partial charge is 0.257 e. The molecule has 1 aromatic carbocycles. The summed E-state index contributed by atoms with van der Waals surface area (Å²) in [6.45, 7) is 2.24. The summed E-state index contributed by atoms with van der Waals surface area (Å²) in [6, 6.07) is 8.47. The van der Waals surface area contributed by atoms with Crippen LogP contribution in [0.2, 0.25) is 0 Å². The summed E-state index contributed by atoms with van der Waals surface area (Å²) in [5.41, 5.74) is 3.97. The first-order valence-electron chi connectivity index (χ1n) is 5.54. The van der Waals surface area contributed by atoms with Crippen LogP contribution in [0.25, 0.3) is 0 Å². The number of hydrogen-bond donors (Lipinski definition) is 0. The second-order valence-electron chi connectivity index (χ2n) is 3.94. The SMILES string of the molecule is CCCCCC1=Nc2ccccc2C1. The third-order valence-corrected chi connectivity index (χ3v) is 2.73. The molecule has 1 heteroatoms. The molecule has 0 aromatic heterocycles. The Labute approximate surface area is 85.9 Å². The van der Waals surface area contributed by atoms with Gasteiger partial charge in [0.15, 0.2) is 0 Å². The van der Waals surface area contributed by atoms with Crippen LogP contribution in [0, 0.1) is 0 Å². The monoisotopic (exact) mass is 187 g/mol. The Hall–Kier alpha value is -1.11. The first kappa shape index (κ1) is 9.45. The summed E-state index contributed by atoms with van der Waals surface area (Å²) in [4.78, 5) is 4.64. The molecule has 0 unspecified atom stereocenters. The molecule has 1 heterocycles. The maximum Gasteiger partial charge on any atom is 0.0664 e. The average molecular weight is 187 g/mol. The smallest absolute Gasteiger partial charge is 0.0664 e. The van der Waals surface area contributed by atoms with Gasteiger partial charge in [-0.2, -0.15) is 0 Å². The molecule has 0 fully saturated rings. The van der Waals surface area contributed by atoms with Crippen LogP contribution in [0.1, 0.15) is 38.2 Å². The highest BCUT2D eigenvalue weighted by molar-refractivity contribution is 5.93. The summed E-state index contributed by atoms with van der Waals surface area (Å²) >= 11 is 0. The lowest BCUT2D eigenvalue weighted by Crippen LogP contribution is -1.97. The highest BCUT2D eigenvalue weighted by Crippen LogP contribution is 2.27. The third-order valence-electron chi connectivity index (χ3n) is 2.73. The van der Waals surface area contributed by atoms with Crippen LogP contribution >= 0.6 is 0 Å². The number of fused-ring (bicyclic) bond motifs is 1. The maximum absolute atomic E-state index is 4.64. The van der Waals surface area contributed by atoms with E-state index in [9.17, 15) is 0 Å². The molecule has 0 saturated carbocycles. The van der Waals surface area contributed by atoms with E-state index in [0.29, 0.717) is 0 Å². The van der Waals surface area contributed by atoms with Crippen molar-refractivity contribution in [1.82, 2.24) is 0 Å². The highest BCUT2D eigenvalue weighted by atomic mass is 14.8. The maximum atomic E-state index is 4.64. The molecule has 0 atom stereocenters. The Balaban J connectivity index is 1.95. The number of aliphatic imine (C=N–C) groups is 1. The summed E-state index contributed by atoms with van der Waals surface area (Å²) < 4.78 is 0. The first-order chi connectivity index (χ1) is 6.90. The molecule has 1 aliphatic rings. The zero-order valence-electron chi connectivity index (χ0n) is 8.79. The topological polar surface area (TPSA) is 12.4 Å². The van der Waals surface area contributed by atoms with Crippen LogP contribution in [0.5, 0.6) is 0 Å². The van der Waals surface area contributed by atoms with Crippen molar-refractivity contribution in [3.8, 4) is 0 Å². The molecule has 1 aromatic rings. The molecular weight excluding hydrogens is 170 g/mol. The van der Waals surface area contributed by atoms with E-state index in [4.69, 9.17) is 0 Å². The molecule has 0 saturated heterocycles. The van der Waals surface area contributed by atoms with Gasteiger partial charge in [0.05, 0.1) is 5.69 Å².